The Labute approximate surface area is 108 Å². The minimum Gasteiger partial charge on any atom is -0.312 e. The van der Waals surface area contributed by atoms with Gasteiger partial charge in [0.2, 0.25) is 10.0 Å². The first kappa shape index (κ1) is 14.6. The van der Waals surface area contributed by atoms with E-state index in [-0.39, 0.29) is 0 Å². The maximum absolute atomic E-state index is 12.2. The normalized spacial score (nSPS) is 12.2. The molecule has 4 nitrogen and oxygen atoms in total. The molecule has 1 heterocycles. The first-order valence-corrected chi connectivity index (χ1v) is 8.16. The second-order valence-electron chi connectivity index (χ2n) is 3.62. The van der Waals surface area contributed by atoms with Crippen molar-refractivity contribution >= 4 is 21.4 Å². The van der Waals surface area contributed by atoms with Gasteiger partial charge >= 0.3 is 0 Å². The predicted octanol–water partition coefficient (Wildman–Crippen LogP) is 1.89. The van der Waals surface area contributed by atoms with E-state index in [9.17, 15) is 8.42 Å². The van der Waals surface area contributed by atoms with Crippen molar-refractivity contribution in [3.05, 3.63) is 16.3 Å². The molecule has 0 aromatic carbocycles. The largest absolute Gasteiger partial charge is 0.312 e. The van der Waals surface area contributed by atoms with Crippen LogP contribution >= 0.6 is 11.3 Å². The van der Waals surface area contributed by atoms with Crippen LogP contribution in [0.2, 0.25) is 0 Å². The van der Waals surface area contributed by atoms with E-state index in [4.69, 9.17) is 0 Å². The maximum Gasteiger partial charge on any atom is 0.243 e. The van der Waals surface area contributed by atoms with Crippen LogP contribution in [0.4, 0.5) is 0 Å². The van der Waals surface area contributed by atoms with Crippen LogP contribution in [0.15, 0.2) is 16.3 Å². The van der Waals surface area contributed by atoms with E-state index in [1.54, 1.807) is 11.4 Å². The summed E-state index contributed by atoms with van der Waals surface area (Å²) in [6.45, 7) is 8.38. The van der Waals surface area contributed by atoms with Crippen LogP contribution in [0.1, 0.15) is 25.6 Å². The molecule has 0 fully saturated rings. The zero-order valence-electron chi connectivity index (χ0n) is 10.6. The van der Waals surface area contributed by atoms with E-state index in [2.05, 4.69) is 5.32 Å². The van der Waals surface area contributed by atoms with Crippen LogP contribution in [0.25, 0.3) is 0 Å². The van der Waals surface area contributed by atoms with Gasteiger partial charge in [-0.05, 0) is 12.6 Å². The topological polar surface area (TPSA) is 49.4 Å². The molecule has 98 valence electrons. The van der Waals surface area contributed by atoms with Gasteiger partial charge in [-0.15, -0.1) is 11.3 Å². The lowest BCUT2D eigenvalue weighted by Crippen LogP contribution is -2.30. The monoisotopic (exact) mass is 276 g/mol. The van der Waals surface area contributed by atoms with Gasteiger partial charge < -0.3 is 5.32 Å². The summed E-state index contributed by atoms with van der Waals surface area (Å²) in [5.74, 6) is 0. The van der Waals surface area contributed by atoms with Gasteiger partial charge in [0.1, 0.15) is 0 Å². The number of thiophene rings is 1. The number of hydrogen-bond donors (Lipinski definition) is 1. The van der Waals surface area contributed by atoms with Gasteiger partial charge in [-0.2, -0.15) is 4.31 Å². The minimum atomic E-state index is -3.29. The van der Waals surface area contributed by atoms with Crippen LogP contribution in [0.3, 0.4) is 0 Å². The van der Waals surface area contributed by atoms with E-state index in [0.717, 1.165) is 18.0 Å². The Balaban J connectivity index is 2.88. The SMILES string of the molecule is CCNCc1cc(S(=O)(=O)N(CC)CC)cs1. The molecule has 6 heteroatoms. The first-order valence-electron chi connectivity index (χ1n) is 5.84. The smallest absolute Gasteiger partial charge is 0.243 e. The molecule has 0 aliphatic carbocycles. The van der Waals surface area contributed by atoms with Crippen molar-refractivity contribution in [1.82, 2.24) is 9.62 Å². The van der Waals surface area contributed by atoms with Crippen molar-refractivity contribution < 1.29 is 8.42 Å². The molecule has 1 aromatic heterocycles. The number of rotatable bonds is 7. The molecule has 1 N–H and O–H groups in total. The Morgan fingerprint density at radius 3 is 2.47 bits per heavy atom. The highest BCUT2D eigenvalue weighted by atomic mass is 32.2. The number of sulfonamides is 1. The summed E-state index contributed by atoms with van der Waals surface area (Å²) < 4.78 is 25.9. The number of nitrogens with one attached hydrogen (secondary N) is 1. The average molecular weight is 276 g/mol. The van der Waals surface area contributed by atoms with Crippen LogP contribution in [-0.2, 0) is 16.6 Å². The van der Waals surface area contributed by atoms with Crippen LogP contribution in [-0.4, -0.2) is 32.4 Å². The number of nitrogens with zero attached hydrogens (tertiary/aromatic N) is 1. The average Bonchev–Trinajstić information content (AvgIpc) is 2.77. The van der Waals surface area contributed by atoms with Crippen molar-refractivity contribution in [2.45, 2.75) is 32.2 Å². The Kier molecular flexibility index (Phi) is 5.58. The van der Waals surface area contributed by atoms with Crippen molar-refractivity contribution in [3.8, 4) is 0 Å². The zero-order valence-corrected chi connectivity index (χ0v) is 12.2. The van der Waals surface area contributed by atoms with E-state index >= 15 is 0 Å². The molecule has 1 aromatic rings. The van der Waals surface area contributed by atoms with E-state index < -0.39 is 10.0 Å². The fourth-order valence-corrected chi connectivity index (χ4v) is 4.24. The molecule has 0 bridgehead atoms. The summed E-state index contributed by atoms with van der Waals surface area (Å²) in [7, 11) is -3.29. The maximum atomic E-state index is 12.2. The van der Waals surface area contributed by atoms with E-state index in [1.807, 2.05) is 20.8 Å². The van der Waals surface area contributed by atoms with Gasteiger partial charge in [0, 0.05) is 29.9 Å². The lowest BCUT2D eigenvalue weighted by Gasteiger charge is -2.17. The van der Waals surface area contributed by atoms with Crippen LogP contribution < -0.4 is 5.32 Å². The Morgan fingerprint density at radius 2 is 1.94 bits per heavy atom. The lowest BCUT2D eigenvalue weighted by atomic mass is 10.4. The van der Waals surface area contributed by atoms with Gasteiger partial charge in [0.15, 0.2) is 0 Å². The fourth-order valence-electron chi connectivity index (χ4n) is 1.55. The summed E-state index contributed by atoms with van der Waals surface area (Å²) in [5, 5.41) is 4.91. The first-order chi connectivity index (χ1) is 8.06. The molecule has 0 radical (unpaired) electrons. The summed E-state index contributed by atoms with van der Waals surface area (Å²) in [6, 6.07) is 1.76. The lowest BCUT2D eigenvalue weighted by molar-refractivity contribution is 0.445. The molecule has 0 amide bonds. The summed E-state index contributed by atoms with van der Waals surface area (Å²) in [6.07, 6.45) is 0. The predicted molar refractivity (Wildman–Crippen MR) is 71.8 cm³/mol. The molecule has 0 aliphatic rings. The van der Waals surface area contributed by atoms with Crippen molar-refractivity contribution in [2.75, 3.05) is 19.6 Å². The Bertz CT molecular complexity index is 436. The van der Waals surface area contributed by atoms with Crippen LogP contribution in [0.5, 0.6) is 0 Å². The third-order valence-electron chi connectivity index (χ3n) is 2.52. The van der Waals surface area contributed by atoms with Gasteiger partial charge in [-0.25, -0.2) is 8.42 Å². The third-order valence-corrected chi connectivity index (χ3v) is 5.64. The molecule has 0 atom stereocenters. The van der Waals surface area contributed by atoms with Gasteiger partial charge in [0.05, 0.1) is 4.90 Å². The standard InChI is InChI=1S/C11H20N2O2S2/c1-4-12-8-10-7-11(9-16-10)17(14,15)13(5-2)6-3/h7,9,12H,4-6,8H2,1-3H3. The summed E-state index contributed by atoms with van der Waals surface area (Å²) in [5.41, 5.74) is 0. The molecule has 1 rings (SSSR count). The fraction of sp³-hybridized carbons (Fsp3) is 0.636. The second kappa shape index (κ2) is 6.49. The highest BCUT2D eigenvalue weighted by Gasteiger charge is 2.22. The Hall–Kier alpha value is -0.430. The molecular weight excluding hydrogens is 256 g/mol. The highest BCUT2D eigenvalue weighted by molar-refractivity contribution is 7.89. The zero-order chi connectivity index (χ0) is 12.9. The molecule has 17 heavy (non-hydrogen) atoms. The number of hydrogen-bond acceptors (Lipinski definition) is 4. The molecular formula is C11H20N2O2S2. The van der Waals surface area contributed by atoms with Gasteiger partial charge in [-0.3, -0.25) is 0 Å². The van der Waals surface area contributed by atoms with E-state index in [0.29, 0.717) is 18.0 Å². The van der Waals surface area contributed by atoms with Gasteiger partial charge in [0.25, 0.3) is 0 Å². The van der Waals surface area contributed by atoms with Gasteiger partial charge in [-0.1, -0.05) is 20.8 Å². The molecule has 0 saturated carbocycles. The molecule has 0 unspecified atom stereocenters. The minimum absolute atomic E-state index is 0.416. The van der Waals surface area contributed by atoms with Crippen molar-refractivity contribution in [2.24, 2.45) is 0 Å². The molecule has 0 spiro atoms. The second-order valence-corrected chi connectivity index (χ2v) is 6.55. The summed E-state index contributed by atoms with van der Waals surface area (Å²) in [4.78, 5) is 1.47. The molecule has 0 saturated heterocycles. The third kappa shape index (κ3) is 3.51. The Morgan fingerprint density at radius 1 is 1.29 bits per heavy atom. The van der Waals surface area contributed by atoms with Crippen LogP contribution in [0, 0.1) is 0 Å². The highest BCUT2D eigenvalue weighted by Crippen LogP contribution is 2.22. The van der Waals surface area contributed by atoms with Crippen molar-refractivity contribution in [1.29, 1.82) is 0 Å². The van der Waals surface area contributed by atoms with E-state index in [1.165, 1.54) is 15.6 Å². The molecule has 0 aliphatic heterocycles. The summed E-state index contributed by atoms with van der Waals surface area (Å²) >= 11 is 1.49. The van der Waals surface area contributed by atoms with Crippen molar-refractivity contribution in [3.63, 3.8) is 0 Å². The quantitative estimate of drug-likeness (QED) is 0.827.